The van der Waals surface area contributed by atoms with Crippen LogP contribution in [0.25, 0.3) is 0 Å². The van der Waals surface area contributed by atoms with Crippen LogP contribution in [0.2, 0.25) is 0 Å². The maximum absolute atomic E-state index is 12.6. The van der Waals surface area contributed by atoms with Crippen LogP contribution >= 0.6 is 0 Å². The summed E-state index contributed by atoms with van der Waals surface area (Å²) in [5, 5.41) is 3.45. The zero-order chi connectivity index (χ0) is 13.9. The van der Waals surface area contributed by atoms with Gasteiger partial charge in [-0.25, -0.2) is 0 Å². The van der Waals surface area contributed by atoms with Crippen molar-refractivity contribution in [1.29, 1.82) is 0 Å². The number of carbonyl (C=O) groups excluding carboxylic acids is 1. The molecule has 0 bridgehead atoms. The van der Waals surface area contributed by atoms with E-state index in [1.165, 1.54) is 25.7 Å². The first-order chi connectivity index (χ1) is 9.74. The van der Waals surface area contributed by atoms with Gasteiger partial charge >= 0.3 is 0 Å². The van der Waals surface area contributed by atoms with Gasteiger partial charge in [0, 0.05) is 44.8 Å². The zero-order valence-corrected chi connectivity index (χ0v) is 12.8. The molecule has 1 aliphatic carbocycles. The summed E-state index contributed by atoms with van der Waals surface area (Å²) < 4.78 is 0. The number of piperidine rings is 1. The number of rotatable bonds is 2. The summed E-state index contributed by atoms with van der Waals surface area (Å²) in [6.45, 7) is 7.16. The van der Waals surface area contributed by atoms with Crippen LogP contribution in [0.15, 0.2) is 0 Å². The van der Waals surface area contributed by atoms with Crippen molar-refractivity contribution in [3.63, 3.8) is 0 Å². The third-order valence-corrected chi connectivity index (χ3v) is 5.48. The summed E-state index contributed by atoms with van der Waals surface area (Å²) in [4.78, 5) is 17.3. The van der Waals surface area contributed by atoms with Crippen LogP contribution in [0, 0.1) is 5.92 Å². The molecular weight excluding hydrogens is 250 g/mol. The summed E-state index contributed by atoms with van der Waals surface area (Å²) in [5.74, 6) is 0.625. The summed E-state index contributed by atoms with van der Waals surface area (Å²) in [6.07, 6.45) is 7.75. The maximum Gasteiger partial charge on any atom is 0.227 e. The van der Waals surface area contributed by atoms with Crippen LogP contribution in [0.1, 0.15) is 45.4 Å². The van der Waals surface area contributed by atoms with Crippen LogP contribution in [0.5, 0.6) is 0 Å². The molecule has 2 atom stereocenters. The fraction of sp³-hybridized carbons (Fsp3) is 0.938. The molecule has 4 heteroatoms. The fourth-order valence-corrected chi connectivity index (χ4v) is 4.04. The Morgan fingerprint density at radius 2 is 1.70 bits per heavy atom. The lowest BCUT2D eigenvalue weighted by Gasteiger charge is -2.40. The number of nitrogens with one attached hydrogen (secondary N) is 1. The van der Waals surface area contributed by atoms with E-state index in [0.29, 0.717) is 11.9 Å². The van der Waals surface area contributed by atoms with E-state index in [1.807, 2.05) is 0 Å². The molecule has 3 aliphatic rings. The van der Waals surface area contributed by atoms with Gasteiger partial charge in [0.25, 0.3) is 0 Å². The highest BCUT2D eigenvalue weighted by Gasteiger charge is 2.32. The lowest BCUT2D eigenvalue weighted by atomic mass is 9.94. The van der Waals surface area contributed by atoms with Crippen LogP contribution in [0.4, 0.5) is 0 Å². The Hall–Kier alpha value is -0.610. The van der Waals surface area contributed by atoms with E-state index < -0.39 is 0 Å². The Morgan fingerprint density at radius 3 is 2.30 bits per heavy atom. The van der Waals surface area contributed by atoms with E-state index in [9.17, 15) is 4.79 Å². The van der Waals surface area contributed by atoms with Crippen LogP contribution in [0.3, 0.4) is 0 Å². The molecule has 3 fully saturated rings. The maximum atomic E-state index is 12.6. The molecule has 4 nitrogen and oxygen atoms in total. The molecule has 1 amide bonds. The summed E-state index contributed by atoms with van der Waals surface area (Å²) in [6, 6.07) is 1.39. The molecule has 2 saturated heterocycles. The van der Waals surface area contributed by atoms with Crippen molar-refractivity contribution in [3.8, 4) is 0 Å². The highest BCUT2D eigenvalue weighted by atomic mass is 16.2. The van der Waals surface area contributed by atoms with Gasteiger partial charge in [0.15, 0.2) is 0 Å². The molecule has 1 N–H and O–H groups in total. The van der Waals surface area contributed by atoms with Gasteiger partial charge in [-0.2, -0.15) is 0 Å². The number of nitrogens with zero attached hydrogens (tertiary/aromatic N) is 2. The van der Waals surface area contributed by atoms with Gasteiger partial charge in [-0.05, 0) is 32.6 Å². The lowest BCUT2D eigenvalue weighted by Crippen LogP contribution is -2.54. The molecule has 0 radical (unpaired) electrons. The summed E-state index contributed by atoms with van der Waals surface area (Å²) in [5.41, 5.74) is 0. The molecule has 0 aromatic rings. The van der Waals surface area contributed by atoms with Crippen molar-refractivity contribution in [2.45, 2.75) is 57.5 Å². The normalized spacial score (nSPS) is 33.5. The minimum atomic E-state index is 0.226. The van der Waals surface area contributed by atoms with E-state index in [2.05, 4.69) is 22.0 Å². The second kappa shape index (κ2) is 6.44. The predicted octanol–water partition coefficient (Wildman–Crippen LogP) is 1.46. The van der Waals surface area contributed by atoms with E-state index in [4.69, 9.17) is 0 Å². The number of amides is 1. The smallest absolute Gasteiger partial charge is 0.227 e. The molecule has 0 aromatic carbocycles. The van der Waals surface area contributed by atoms with Crippen molar-refractivity contribution < 1.29 is 4.79 Å². The topological polar surface area (TPSA) is 35.6 Å². The standard InChI is InChI=1S/C16H29N3O/c1-13-6-7-14(12-17-13)16(20)19-10-8-18(9-11-19)15-4-2-3-5-15/h13-15,17H,2-12H2,1H3. The van der Waals surface area contributed by atoms with Crippen molar-refractivity contribution >= 4 is 5.91 Å². The van der Waals surface area contributed by atoms with Gasteiger partial charge in [0.2, 0.25) is 5.91 Å². The average molecular weight is 279 g/mol. The fourth-order valence-electron chi connectivity index (χ4n) is 4.04. The first kappa shape index (κ1) is 14.3. The highest BCUT2D eigenvalue weighted by molar-refractivity contribution is 5.79. The van der Waals surface area contributed by atoms with E-state index >= 15 is 0 Å². The van der Waals surface area contributed by atoms with Crippen LogP contribution < -0.4 is 5.32 Å². The Kier molecular flexibility index (Phi) is 4.61. The first-order valence-electron chi connectivity index (χ1n) is 8.50. The van der Waals surface area contributed by atoms with Gasteiger partial charge in [-0.1, -0.05) is 12.8 Å². The number of hydrogen-bond donors (Lipinski definition) is 1. The molecule has 114 valence electrons. The molecule has 0 spiro atoms. The summed E-state index contributed by atoms with van der Waals surface area (Å²) >= 11 is 0. The van der Waals surface area contributed by atoms with Crippen molar-refractivity contribution in [2.24, 2.45) is 5.92 Å². The number of carbonyl (C=O) groups is 1. The Bertz CT molecular complexity index is 325. The van der Waals surface area contributed by atoms with E-state index in [-0.39, 0.29) is 5.92 Å². The zero-order valence-electron chi connectivity index (χ0n) is 12.8. The average Bonchev–Trinajstić information content (AvgIpc) is 3.02. The Morgan fingerprint density at radius 1 is 1.00 bits per heavy atom. The van der Waals surface area contributed by atoms with Gasteiger partial charge in [0.05, 0.1) is 5.92 Å². The van der Waals surface area contributed by atoms with Gasteiger partial charge < -0.3 is 10.2 Å². The van der Waals surface area contributed by atoms with E-state index in [0.717, 1.165) is 51.6 Å². The largest absolute Gasteiger partial charge is 0.340 e. The number of hydrogen-bond acceptors (Lipinski definition) is 3. The van der Waals surface area contributed by atoms with Crippen molar-refractivity contribution in [3.05, 3.63) is 0 Å². The molecule has 2 aliphatic heterocycles. The molecule has 1 saturated carbocycles. The molecule has 2 unspecified atom stereocenters. The third kappa shape index (κ3) is 3.17. The van der Waals surface area contributed by atoms with Crippen molar-refractivity contribution in [1.82, 2.24) is 15.1 Å². The minimum absolute atomic E-state index is 0.226. The van der Waals surface area contributed by atoms with Crippen molar-refractivity contribution in [2.75, 3.05) is 32.7 Å². The SMILES string of the molecule is CC1CCC(C(=O)N2CCN(C3CCCC3)CC2)CN1. The molecule has 0 aromatic heterocycles. The monoisotopic (exact) mass is 279 g/mol. The second-order valence-electron chi connectivity index (χ2n) is 6.88. The van der Waals surface area contributed by atoms with Gasteiger partial charge in [-0.3, -0.25) is 9.69 Å². The lowest BCUT2D eigenvalue weighted by molar-refractivity contribution is -0.138. The molecule has 2 heterocycles. The highest BCUT2D eigenvalue weighted by Crippen LogP contribution is 2.25. The summed E-state index contributed by atoms with van der Waals surface area (Å²) in [7, 11) is 0. The minimum Gasteiger partial charge on any atom is -0.340 e. The van der Waals surface area contributed by atoms with Crippen LogP contribution in [-0.2, 0) is 4.79 Å². The Labute approximate surface area is 122 Å². The first-order valence-corrected chi connectivity index (χ1v) is 8.50. The quantitative estimate of drug-likeness (QED) is 0.831. The molecule has 20 heavy (non-hydrogen) atoms. The Balaban J connectivity index is 1.46. The molecular formula is C16H29N3O. The molecule has 3 rings (SSSR count). The van der Waals surface area contributed by atoms with Gasteiger partial charge in [0.1, 0.15) is 0 Å². The van der Waals surface area contributed by atoms with Crippen LogP contribution in [-0.4, -0.2) is 60.5 Å². The third-order valence-electron chi connectivity index (χ3n) is 5.48. The number of piperazine rings is 1. The van der Waals surface area contributed by atoms with Gasteiger partial charge in [-0.15, -0.1) is 0 Å². The predicted molar refractivity (Wildman–Crippen MR) is 80.6 cm³/mol. The van der Waals surface area contributed by atoms with E-state index in [1.54, 1.807) is 0 Å². The second-order valence-corrected chi connectivity index (χ2v) is 6.88.